The third-order valence-electron chi connectivity index (χ3n) is 4.52. The van der Waals surface area contributed by atoms with Gasteiger partial charge in [-0.15, -0.1) is 33.3 Å². The van der Waals surface area contributed by atoms with Gasteiger partial charge in [0.1, 0.15) is 6.61 Å². The van der Waals surface area contributed by atoms with E-state index in [9.17, 15) is 9.59 Å². The summed E-state index contributed by atoms with van der Waals surface area (Å²) < 4.78 is 5.33. The maximum atomic E-state index is 12.3. The molecule has 0 unspecified atom stereocenters. The van der Waals surface area contributed by atoms with E-state index in [2.05, 4.69) is 20.5 Å². The van der Waals surface area contributed by atoms with E-state index in [1.54, 1.807) is 35.2 Å². The number of aromatic nitrogens is 3. The molecule has 1 amide bonds. The number of benzene rings is 2. The molecule has 2 heterocycles. The molecule has 0 aliphatic carbocycles. The zero-order chi connectivity index (χ0) is 23.0. The van der Waals surface area contributed by atoms with Crippen molar-refractivity contribution in [2.45, 2.75) is 30.7 Å². The molecule has 7 nitrogen and oxygen atoms in total. The van der Waals surface area contributed by atoms with Crippen molar-refractivity contribution < 1.29 is 14.3 Å². The lowest BCUT2D eigenvalue weighted by molar-refractivity contribution is 0.0471. The Balaban J connectivity index is 1.24. The summed E-state index contributed by atoms with van der Waals surface area (Å²) in [6.45, 7) is 2.38. The second kappa shape index (κ2) is 11.2. The van der Waals surface area contributed by atoms with Crippen LogP contribution in [0.3, 0.4) is 0 Å². The largest absolute Gasteiger partial charge is 0.455 e. The highest BCUT2D eigenvalue weighted by Gasteiger charge is 2.15. The van der Waals surface area contributed by atoms with Gasteiger partial charge in [0, 0.05) is 22.6 Å². The standard InChI is InChI=1S/C23H20N4O3S3/c1-15-2-4-16(5-3-15)10-24-21(28)22-27-26-20(33-22)11-30-23(29)17-6-8-19(9-7-17)32-13-18-12-31-14-25-18/h2-9,12,14H,10-11,13H2,1H3,(H,24,28). The number of carbonyl (C=O) groups excluding carboxylic acids is 2. The van der Waals surface area contributed by atoms with Crippen LogP contribution in [0.25, 0.3) is 0 Å². The number of rotatable bonds is 9. The Labute approximate surface area is 203 Å². The number of amides is 1. The van der Waals surface area contributed by atoms with Crippen LogP contribution in [0.5, 0.6) is 0 Å². The number of aryl methyl sites for hydroxylation is 1. The van der Waals surface area contributed by atoms with E-state index in [4.69, 9.17) is 4.74 Å². The van der Waals surface area contributed by atoms with Gasteiger partial charge in [-0.05, 0) is 36.8 Å². The first kappa shape index (κ1) is 23.1. The van der Waals surface area contributed by atoms with E-state index in [1.165, 1.54) is 0 Å². The Morgan fingerprint density at radius 3 is 2.58 bits per heavy atom. The summed E-state index contributed by atoms with van der Waals surface area (Å²) in [6.07, 6.45) is 0. The van der Waals surface area contributed by atoms with Crippen molar-refractivity contribution in [1.82, 2.24) is 20.5 Å². The molecule has 4 rings (SSSR count). The first-order chi connectivity index (χ1) is 16.1. The molecule has 0 aliphatic rings. The van der Waals surface area contributed by atoms with E-state index in [0.717, 1.165) is 38.8 Å². The topological polar surface area (TPSA) is 94.1 Å². The average Bonchev–Trinajstić information content (AvgIpc) is 3.53. The fourth-order valence-corrected chi connectivity index (χ4v) is 4.87. The second-order valence-corrected chi connectivity index (χ2v) is 9.87. The fourth-order valence-electron chi connectivity index (χ4n) is 2.73. The monoisotopic (exact) mass is 496 g/mol. The predicted octanol–water partition coefficient (Wildman–Crippen LogP) is 4.88. The predicted molar refractivity (Wildman–Crippen MR) is 129 cm³/mol. The van der Waals surface area contributed by atoms with Crippen LogP contribution in [0.2, 0.25) is 0 Å². The van der Waals surface area contributed by atoms with E-state index >= 15 is 0 Å². The molecule has 0 bridgehead atoms. The number of nitrogens with zero attached hydrogens (tertiary/aromatic N) is 3. The van der Waals surface area contributed by atoms with Crippen molar-refractivity contribution in [3.05, 3.63) is 91.8 Å². The van der Waals surface area contributed by atoms with Gasteiger partial charge in [0.05, 0.1) is 16.8 Å². The summed E-state index contributed by atoms with van der Waals surface area (Å²) in [5.41, 5.74) is 5.46. The highest BCUT2D eigenvalue weighted by molar-refractivity contribution is 7.98. The molecule has 1 N–H and O–H groups in total. The molecule has 0 spiro atoms. The van der Waals surface area contributed by atoms with Crippen molar-refractivity contribution in [2.75, 3.05) is 0 Å². The Bertz CT molecular complexity index is 1210. The van der Waals surface area contributed by atoms with Gasteiger partial charge in [0.15, 0.2) is 5.01 Å². The van der Waals surface area contributed by atoms with Gasteiger partial charge in [-0.25, -0.2) is 9.78 Å². The van der Waals surface area contributed by atoms with E-state index in [-0.39, 0.29) is 17.5 Å². The molecule has 0 atom stereocenters. The van der Waals surface area contributed by atoms with Gasteiger partial charge in [0.2, 0.25) is 5.01 Å². The van der Waals surface area contributed by atoms with Crippen LogP contribution in [0.4, 0.5) is 0 Å². The molecule has 4 aromatic rings. The Hall–Kier alpha value is -3.08. The fraction of sp³-hybridized carbons (Fsp3) is 0.174. The van der Waals surface area contributed by atoms with E-state index in [0.29, 0.717) is 17.1 Å². The van der Waals surface area contributed by atoms with Crippen LogP contribution >= 0.6 is 34.4 Å². The van der Waals surface area contributed by atoms with Gasteiger partial charge < -0.3 is 10.1 Å². The third kappa shape index (κ3) is 6.70. The molecule has 0 aliphatic heterocycles. The number of thioether (sulfide) groups is 1. The molecule has 0 fully saturated rings. The van der Waals surface area contributed by atoms with E-state index < -0.39 is 5.97 Å². The summed E-state index contributed by atoms with van der Waals surface area (Å²) >= 11 is 4.33. The average molecular weight is 497 g/mol. The van der Waals surface area contributed by atoms with Gasteiger partial charge in [-0.3, -0.25) is 4.79 Å². The number of ether oxygens (including phenoxy) is 1. The quantitative estimate of drug-likeness (QED) is 0.261. The molecular formula is C23H20N4O3S3. The first-order valence-corrected chi connectivity index (χ1v) is 12.7. The van der Waals surface area contributed by atoms with Gasteiger partial charge in [-0.1, -0.05) is 41.2 Å². The number of hydrogen-bond donors (Lipinski definition) is 1. The lowest BCUT2D eigenvalue weighted by atomic mass is 10.1. The summed E-state index contributed by atoms with van der Waals surface area (Å²) in [7, 11) is 0. The normalized spacial score (nSPS) is 10.7. The molecule has 0 saturated heterocycles. The van der Waals surface area contributed by atoms with Gasteiger partial charge in [0.25, 0.3) is 5.91 Å². The zero-order valence-electron chi connectivity index (χ0n) is 17.7. The Morgan fingerprint density at radius 2 is 1.85 bits per heavy atom. The Morgan fingerprint density at radius 1 is 1.06 bits per heavy atom. The maximum absolute atomic E-state index is 12.3. The highest BCUT2D eigenvalue weighted by Crippen LogP contribution is 2.23. The molecule has 0 saturated carbocycles. The second-order valence-electron chi connectivity index (χ2n) is 7.04. The minimum absolute atomic E-state index is 0.0396. The van der Waals surface area contributed by atoms with Crippen molar-refractivity contribution in [1.29, 1.82) is 0 Å². The molecule has 2 aromatic carbocycles. The van der Waals surface area contributed by atoms with Crippen LogP contribution in [0.1, 0.15) is 42.0 Å². The Kier molecular flexibility index (Phi) is 7.82. The van der Waals surface area contributed by atoms with Crippen LogP contribution in [0.15, 0.2) is 64.3 Å². The number of hydrogen-bond acceptors (Lipinski definition) is 9. The van der Waals surface area contributed by atoms with Crippen LogP contribution < -0.4 is 5.32 Å². The molecule has 0 radical (unpaired) electrons. The van der Waals surface area contributed by atoms with Crippen LogP contribution in [-0.2, 0) is 23.6 Å². The lowest BCUT2D eigenvalue weighted by Gasteiger charge is -2.04. The SMILES string of the molecule is Cc1ccc(CNC(=O)c2nnc(COC(=O)c3ccc(SCc4cscn4)cc3)s2)cc1. The number of nitrogens with one attached hydrogen (secondary N) is 1. The van der Waals surface area contributed by atoms with Crippen LogP contribution in [-0.4, -0.2) is 27.1 Å². The van der Waals surface area contributed by atoms with E-state index in [1.807, 2.05) is 54.2 Å². The first-order valence-electron chi connectivity index (χ1n) is 10.00. The maximum Gasteiger partial charge on any atom is 0.338 e. The summed E-state index contributed by atoms with van der Waals surface area (Å²) in [5, 5.41) is 13.4. The number of carbonyl (C=O) groups is 2. The highest BCUT2D eigenvalue weighted by atomic mass is 32.2. The molecule has 33 heavy (non-hydrogen) atoms. The molecule has 2 aromatic heterocycles. The number of thiazole rings is 1. The lowest BCUT2D eigenvalue weighted by Crippen LogP contribution is -2.22. The minimum Gasteiger partial charge on any atom is -0.455 e. The summed E-state index contributed by atoms with van der Waals surface area (Å²) in [4.78, 5) is 29.9. The molecular weight excluding hydrogens is 476 g/mol. The molecule has 168 valence electrons. The van der Waals surface area contributed by atoms with Gasteiger partial charge in [-0.2, -0.15) is 0 Å². The van der Waals surface area contributed by atoms with Crippen molar-refractivity contribution in [2.24, 2.45) is 0 Å². The number of esters is 1. The van der Waals surface area contributed by atoms with Crippen molar-refractivity contribution >= 4 is 46.3 Å². The van der Waals surface area contributed by atoms with Gasteiger partial charge >= 0.3 is 5.97 Å². The van der Waals surface area contributed by atoms with Crippen LogP contribution in [0, 0.1) is 6.92 Å². The summed E-state index contributed by atoms with van der Waals surface area (Å²) in [5.74, 6) is 0.0219. The smallest absolute Gasteiger partial charge is 0.338 e. The minimum atomic E-state index is -0.452. The van der Waals surface area contributed by atoms with Crippen molar-refractivity contribution in [3.8, 4) is 0 Å². The third-order valence-corrected chi connectivity index (χ3v) is 7.10. The zero-order valence-corrected chi connectivity index (χ0v) is 20.1. The summed E-state index contributed by atoms with van der Waals surface area (Å²) in [6, 6.07) is 15.1. The van der Waals surface area contributed by atoms with Crippen molar-refractivity contribution in [3.63, 3.8) is 0 Å². The molecule has 10 heteroatoms.